The third kappa shape index (κ3) is 7.53. The molecule has 35 heavy (non-hydrogen) atoms. The number of carbonyl (C=O) groups excluding carboxylic acids is 3. The van der Waals surface area contributed by atoms with Gasteiger partial charge in [0.25, 0.3) is 0 Å². The number of methoxy groups -OCH3 is 1. The summed E-state index contributed by atoms with van der Waals surface area (Å²) in [4.78, 5) is 45.8. The molecule has 0 spiro atoms. The Balaban J connectivity index is 1.98. The molecule has 8 heteroatoms. The Morgan fingerprint density at radius 2 is 1.77 bits per heavy atom. The van der Waals surface area contributed by atoms with Gasteiger partial charge >= 0.3 is 11.8 Å². The van der Waals surface area contributed by atoms with E-state index < -0.39 is 23.4 Å². The molecule has 2 aromatic rings. The average Bonchev–Trinajstić information content (AvgIpc) is 2.83. The SMILES string of the molecule is COc1ccc([C@@H](C(=O)NC(C)(C)C)N(Cc2cccnc2)C(=O)C(=O)NC2CCCCC2)cc1. The maximum absolute atomic E-state index is 13.6. The van der Waals surface area contributed by atoms with Crippen molar-refractivity contribution in [3.8, 4) is 5.75 Å². The normalized spacial score (nSPS) is 15.1. The Bertz CT molecular complexity index is 996. The van der Waals surface area contributed by atoms with E-state index in [2.05, 4.69) is 15.6 Å². The van der Waals surface area contributed by atoms with Gasteiger partial charge in [-0.2, -0.15) is 0 Å². The number of hydrogen-bond donors (Lipinski definition) is 2. The molecule has 0 unspecified atom stereocenters. The lowest BCUT2D eigenvalue weighted by Crippen LogP contribution is -2.53. The smallest absolute Gasteiger partial charge is 0.313 e. The van der Waals surface area contributed by atoms with Crippen molar-refractivity contribution in [2.45, 2.75) is 77.0 Å². The molecule has 2 N–H and O–H groups in total. The van der Waals surface area contributed by atoms with E-state index in [-0.39, 0.29) is 18.5 Å². The molecular weight excluding hydrogens is 444 g/mol. The summed E-state index contributed by atoms with van der Waals surface area (Å²) in [6, 6.07) is 9.50. The maximum atomic E-state index is 13.6. The Morgan fingerprint density at radius 1 is 1.09 bits per heavy atom. The molecular formula is C27H36N4O4. The summed E-state index contributed by atoms with van der Waals surface area (Å²) >= 11 is 0. The first-order valence-electron chi connectivity index (χ1n) is 12.1. The number of pyridine rings is 1. The summed E-state index contributed by atoms with van der Waals surface area (Å²) in [6.07, 6.45) is 8.18. The molecule has 1 aromatic carbocycles. The predicted molar refractivity (Wildman–Crippen MR) is 133 cm³/mol. The molecule has 1 aliphatic carbocycles. The molecule has 0 bridgehead atoms. The van der Waals surface area contributed by atoms with Crippen molar-refractivity contribution >= 4 is 17.7 Å². The first kappa shape index (κ1) is 26.2. The van der Waals surface area contributed by atoms with Gasteiger partial charge < -0.3 is 20.3 Å². The monoisotopic (exact) mass is 480 g/mol. The molecule has 1 saturated carbocycles. The van der Waals surface area contributed by atoms with Crippen molar-refractivity contribution in [1.29, 1.82) is 0 Å². The van der Waals surface area contributed by atoms with E-state index in [1.54, 1.807) is 49.8 Å². The highest BCUT2D eigenvalue weighted by molar-refractivity contribution is 6.35. The summed E-state index contributed by atoms with van der Waals surface area (Å²) in [7, 11) is 1.56. The molecule has 1 atom stereocenters. The molecule has 188 valence electrons. The predicted octanol–water partition coefficient (Wildman–Crippen LogP) is 3.52. The van der Waals surface area contributed by atoms with Gasteiger partial charge in [0.05, 0.1) is 7.11 Å². The average molecular weight is 481 g/mol. The van der Waals surface area contributed by atoms with Crippen molar-refractivity contribution in [1.82, 2.24) is 20.5 Å². The number of ether oxygens (including phenoxy) is 1. The van der Waals surface area contributed by atoms with Gasteiger partial charge in [-0.1, -0.05) is 37.5 Å². The van der Waals surface area contributed by atoms with E-state index in [0.717, 1.165) is 32.1 Å². The lowest BCUT2D eigenvalue weighted by Gasteiger charge is -2.34. The van der Waals surface area contributed by atoms with Gasteiger partial charge in [0.1, 0.15) is 11.8 Å². The summed E-state index contributed by atoms with van der Waals surface area (Å²) in [5, 5.41) is 5.88. The Morgan fingerprint density at radius 3 is 2.34 bits per heavy atom. The largest absolute Gasteiger partial charge is 0.497 e. The van der Waals surface area contributed by atoms with Crippen LogP contribution in [0.2, 0.25) is 0 Å². The van der Waals surface area contributed by atoms with Gasteiger partial charge in [0.2, 0.25) is 5.91 Å². The molecule has 1 aromatic heterocycles. The zero-order chi connectivity index (χ0) is 25.4. The summed E-state index contributed by atoms with van der Waals surface area (Å²) in [5.41, 5.74) is 0.762. The van der Waals surface area contributed by atoms with Crippen molar-refractivity contribution in [3.63, 3.8) is 0 Å². The van der Waals surface area contributed by atoms with E-state index >= 15 is 0 Å². The lowest BCUT2D eigenvalue weighted by atomic mass is 9.95. The molecule has 0 saturated heterocycles. The van der Waals surface area contributed by atoms with Crippen molar-refractivity contribution in [2.24, 2.45) is 0 Å². The third-order valence-corrected chi connectivity index (χ3v) is 5.96. The number of amides is 3. The summed E-state index contributed by atoms with van der Waals surface area (Å²) in [5.74, 6) is -1.18. The van der Waals surface area contributed by atoms with Crippen LogP contribution in [0.25, 0.3) is 0 Å². The fourth-order valence-corrected chi connectivity index (χ4v) is 4.29. The Kier molecular flexibility index (Phi) is 8.84. The standard InChI is InChI=1S/C27H36N4O4/c1-27(2,3)30-24(32)23(20-12-14-22(35-4)15-13-20)31(18-19-9-8-16-28-17-19)26(34)25(33)29-21-10-6-5-7-11-21/h8-9,12-17,21,23H,5-7,10-11,18H2,1-4H3,(H,29,33)(H,30,32)/t23-/m0/s1. The third-order valence-electron chi connectivity index (χ3n) is 5.96. The van der Waals surface area contributed by atoms with E-state index in [1.165, 1.54) is 4.90 Å². The first-order chi connectivity index (χ1) is 16.7. The van der Waals surface area contributed by atoms with Crippen LogP contribution in [0.15, 0.2) is 48.8 Å². The lowest BCUT2D eigenvalue weighted by molar-refractivity contribution is -0.151. The van der Waals surface area contributed by atoms with Gasteiger partial charge in [-0.05, 0) is 62.9 Å². The van der Waals surface area contributed by atoms with Gasteiger partial charge in [0, 0.05) is 30.5 Å². The molecule has 3 rings (SSSR count). The highest BCUT2D eigenvalue weighted by Gasteiger charge is 2.36. The quantitative estimate of drug-likeness (QED) is 0.591. The zero-order valence-electron chi connectivity index (χ0n) is 21.0. The second kappa shape index (κ2) is 11.8. The minimum atomic E-state index is -1.02. The zero-order valence-corrected chi connectivity index (χ0v) is 21.0. The fourth-order valence-electron chi connectivity index (χ4n) is 4.29. The number of aromatic nitrogens is 1. The second-order valence-corrected chi connectivity index (χ2v) is 10.0. The maximum Gasteiger partial charge on any atom is 0.313 e. The summed E-state index contributed by atoms with van der Waals surface area (Å²) < 4.78 is 5.26. The van der Waals surface area contributed by atoms with Crippen molar-refractivity contribution < 1.29 is 19.1 Å². The van der Waals surface area contributed by atoms with Crippen molar-refractivity contribution in [3.05, 3.63) is 59.9 Å². The number of rotatable bonds is 7. The van der Waals surface area contributed by atoms with E-state index in [4.69, 9.17) is 4.74 Å². The summed E-state index contributed by atoms with van der Waals surface area (Å²) in [6.45, 7) is 5.68. The fraction of sp³-hybridized carbons (Fsp3) is 0.481. The topological polar surface area (TPSA) is 101 Å². The number of nitrogens with one attached hydrogen (secondary N) is 2. The van der Waals surface area contributed by atoms with Crippen LogP contribution in [0.5, 0.6) is 5.75 Å². The van der Waals surface area contributed by atoms with Crippen LogP contribution in [0.1, 0.15) is 70.0 Å². The van der Waals surface area contributed by atoms with Crippen molar-refractivity contribution in [2.75, 3.05) is 7.11 Å². The van der Waals surface area contributed by atoms with E-state index in [0.29, 0.717) is 16.9 Å². The highest BCUT2D eigenvalue weighted by Crippen LogP contribution is 2.27. The molecule has 1 fully saturated rings. The van der Waals surface area contributed by atoms with Crippen LogP contribution in [0, 0.1) is 0 Å². The minimum absolute atomic E-state index is 0.0247. The highest BCUT2D eigenvalue weighted by atomic mass is 16.5. The van der Waals surface area contributed by atoms with E-state index in [1.807, 2.05) is 26.8 Å². The van der Waals surface area contributed by atoms with Crippen LogP contribution < -0.4 is 15.4 Å². The van der Waals surface area contributed by atoms with Crippen LogP contribution in [0.3, 0.4) is 0 Å². The van der Waals surface area contributed by atoms with Gasteiger partial charge in [-0.25, -0.2) is 0 Å². The van der Waals surface area contributed by atoms with Gasteiger partial charge in [0.15, 0.2) is 0 Å². The van der Waals surface area contributed by atoms with E-state index in [9.17, 15) is 14.4 Å². The Hall–Kier alpha value is -3.42. The van der Waals surface area contributed by atoms with Crippen LogP contribution in [-0.2, 0) is 20.9 Å². The number of hydrogen-bond acceptors (Lipinski definition) is 5. The van der Waals surface area contributed by atoms with Crippen LogP contribution in [-0.4, -0.2) is 46.3 Å². The number of carbonyl (C=O) groups is 3. The molecule has 1 aliphatic rings. The minimum Gasteiger partial charge on any atom is -0.497 e. The molecule has 0 radical (unpaired) electrons. The number of benzene rings is 1. The van der Waals surface area contributed by atoms with Gasteiger partial charge in [-0.15, -0.1) is 0 Å². The molecule has 8 nitrogen and oxygen atoms in total. The Labute approximate surface area is 207 Å². The molecule has 3 amide bonds. The molecule has 0 aliphatic heterocycles. The van der Waals surface area contributed by atoms with Gasteiger partial charge in [-0.3, -0.25) is 19.4 Å². The first-order valence-corrected chi connectivity index (χ1v) is 12.1. The van der Waals surface area contributed by atoms with Crippen LogP contribution in [0.4, 0.5) is 0 Å². The molecule has 1 heterocycles. The second-order valence-electron chi connectivity index (χ2n) is 10.0. The van der Waals surface area contributed by atoms with Crippen LogP contribution >= 0.6 is 0 Å². The number of nitrogens with zero attached hydrogens (tertiary/aromatic N) is 2.